The lowest BCUT2D eigenvalue weighted by Gasteiger charge is -2.10. The van der Waals surface area contributed by atoms with Crippen molar-refractivity contribution < 1.29 is 19.4 Å². The van der Waals surface area contributed by atoms with Gasteiger partial charge in [0.1, 0.15) is 23.9 Å². The molecule has 0 fully saturated rings. The number of carbonyl (C=O) groups excluding carboxylic acids is 1. The number of benzene rings is 2. The van der Waals surface area contributed by atoms with Crippen LogP contribution in [0.4, 0.5) is 0 Å². The largest absolute Gasteiger partial charge is 0.508 e. The highest BCUT2D eigenvalue weighted by atomic mass is 16.5. The Morgan fingerprint density at radius 2 is 1.90 bits per heavy atom. The Kier molecular flexibility index (Phi) is 6.27. The number of ether oxygens (including phenoxy) is 2. The van der Waals surface area contributed by atoms with Crippen molar-refractivity contribution >= 4 is 16.9 Å². The molecule has 31 heavy (non-hydrogen) atoms. The van der Waals surface area contributed by atoms with Gasteiger partial charge in [0.15, 0.2) is 5.65 Å². The first-order valence-corrected chi connectivity index (χ1v) is 9.88. The minimum absolute atomic E-state index is 0.0431. The maximum Gasteiger partial charge on any atom is 0.251 e. The van der Waals surface area contributed by atoms with Gasteiger partial charge in [-0.1, -0.05) is 18.2 Å². The Morgan fingerprint density at radius 3 is 2.77 bits per heavy atom. The van der Waals surface area contributed by atoms with Crippen molar-refractivity contribution in [3.63, 3.8) is 0 Å². The highest BCUT2D eigenvalue weighted by molar-refractivity contribution is 5.95. The van der Waals surface area contributed by atoms with Crippen LogP contribution in [-0.4, -0.2) is 39.3 Å². The first-order valence-electron chi connectivity index (χ1n) is 9.88. The normalized spacial score (nSPS) is 10.7. The molecule has 2 heterocycles. The fraction of sp³-hybridized carbons (Fsp3) is 0.174. The second-order valence-electron chi connectivity index (χ2n) is 6.93. The molecule has 0 atom stereocenters. The zero-order valence-corrected chi connectivity index (χ0v) is 16.7. The number of aromatic hydroxyl groups is 1. The molecule has 0 aliphatic heterocycles. The number of nitrogens with one attached hydrogen (secondary N) is 2. The van der Waals surface area contributed by atoms with Crippen molar-refractivity contribution in [2.45, 2.75) is 13.0 Å². The van der Waals surface area contributed by atoms with Crippen LogP contribution < -0.4 is 14.8 Å². The Bertz CT molecular complexity index is 1160. The number of amides is 1. The summed E-state index contributed by atoms with van der Waals surface area (Å²) < 4.78 is 11.4. The lowest BCUT2D eigenvalue weighted by molar-refractivity contribution is 0.0950. The number of hydrogen-bond acceptors (Lipinski definition) is 6. The minimum atomic E-state index is -0.290. The van der Waals surface area contributed by atoms with E-state index in [0.29, 0.717) is 36.5 Å². The van der Waals surface area contributed by atoms with E-state index in [4.69, 9.17) is 9.47 Å². The fourth-order valence-electron chi connectivity index (χ4n) is 3.01. The molecule has 2 aromatic heterocycles. The zero-order valence-electron chi connectivity index (χ0n) is 16.7. The Hall–Kier alpha value is -4.07. The van der Waals surface area contributed by atoms with E-state index < -0.39 is 0 Å². The van der Waals surface area contributed by atoms with Gasteiger partial charge >= 0.3 is 0 Å². The fourth-order valence-corrected chi connectivity index (χ4v) is 3.01. The summed E-state index contributed by atoms with van der Waals surface area (Å²) in [6, 6.07) is 15.9. The molecule has 0 bridgehead atoms. The van der Waals surface area contributed by atoms with Crippen LogP contribution in [0.2, 0.25) is 0 Å². The van der Waals surface area contributed by atoms with Gasteiger partial charge in [0.2, 0.25) is 0 Å². The van der Waals surface area contributed by atoms with Crippen LogP contribution in [0, 0.1) is 0 Å². The zero-order chi connectivity index (χ0) is 21.5. The summed E-state index contributed by atoms with van der Waals surface area (Å²) in [6.07, 6.45) is 4.04. The molecule has 158 valence electrons. The molecule has 3 N–H and O–H groups in total. The summed E-state index contributed by atoms with van der Waals surface area (Å²) in [7, 11) is 0. The van der Waals surface area contributed by atoms with Crippen molar-refractivity contribution in [1.29, 1.82) is 0 Å². The van der Waals surface area contributed by atoms with E-state index in [1.165, 1.54) is 12.1 Å². The molecule has 4 rings (SSSR count). The predicted molar refractivity (Wildman–Crippen MR) is 115 cm³/mol. The molecule has 1 amide bonds. The van der Waals surface area contributed by atoms with Crippen LogP contribution in [0.3, 0.4) is 0 Å². The number of rotatable bonds is 9. The molecule has 0 unspecified atom stereocenters. The van der Waals surface area contributed by atoms with E-state index in [9.17, 15) is 9.90 Å². The van der Waals surface area contributed by atoms with Crippen LogP contribution in [0.25, 0.3) is 11.0 Å². The SMILES string of the molecule is O=C(NCCCOc1ccccc1)c1cc(O)cc(OCc2cnc3[nH]ncc3c2)c1. The summed E-state index contributed by atoms with van der Waals surface area (Å²) >= 11 is 0. The van der Waals surface area contributed by atoms with Crippen LogP contribution in [-0.2, 0) is 6.61 Å². The molecule has 8 nitrogen and oxygen atoms in total. The van der Waals surface area contributed by atoms with E-state index in [1.54, 1.807) is 18.5 Å². The van der Waals surface area contributed by atoms with Crippen LogP contribution >= 0.6 is 0 Å². The van der Waals surface area contributed by atoms with E-state index in [0.717, 1.165) is 16.7 Å². The number of pyridine rings is 1. The first kappa shape index (κ1) is 20.2. The molecule has 0 spiro atoms. The van der Waals surface area contributed by atoms with Gasteiger partial charge in [-0.15, -0.1) is 0 Å². The number of phenols is 1. The summed E-state index contributed by atoms with van der Waals surface area (Å²) in [5.41, 5.74) is 1.87. The molecular formula is C23H22N4O4. The minimum Gasteiger partial charge on any atom is -0.508 e. The number of aromatic nitrogens is 3. The third kappa shape index (κ3) is 5.51. The Labute approximate surface area is 178 Å². The van der Waals surface area contributed by atoms with Crippen molar-refractivity contribution in [1.82, 2.24) is 20.5 Å². The van der Waals surface area contributed by atoms with Crippen LogP contribution in [0.1, 0.15) is 22.3 Å². The average Bonchev–Trinajstić information content (AvgIpc) is 3.25. The molecule has 0 radical (unpaired) electrons. The van der Waals surface area contributed by atoms with Crippen molar-refractivity contribution in [2.75, 3.05) is 13.2 Å². The lowest BCUT2D eigenvalue weighted by atomic mass is 10.2. The van der Waals surface area contributed by atoms with Gasteiger partial charge in [-0.05, 0) is 36.8 Å². The average molecular weight is 418 g/mol. The highest BCUT2D eigenvalue weighted by Gasteiger charge is 2.10. The van der Waals surface area contributed by atoms with Crippen molar-refractivity contribution in [3.05, 3.63) is 78.1 Å². The number of para-hydroxylation sites is 1. The number of nitrogens with zero attached hydrogens (tertiary/aromatic N) is 2. The van der Waals surface area contributed by atoms with Gasteiger partial charge in [-0.3, -0.25) is 9.89 Å². The molecule has 0 saturated carbocycles. The summed E-state index contributed by atoms with van der Waals surface area (Å²) in [5, 5.41) is 20.4. The summed E-state index contributed by atoms with van der Waals surface area (Å²) in [5.74, 6) is 0.857. The predicted octanol–water partition coefficient (Wildman–Crippen LogP) is 3.44. The van der Waals surface area contributed by atoms with E-state index in [2.05, 4.69) is 20.5 Å². The quantitative estimate of drug-likeness (QED) is 0.359. The van der Waals surface area contributed by atoms with E-state index in [1.807, 2.05) is 36.4 Å². The first-order chi connectivity index (χ1) is 15.2. The van der Waals surface area contributed by atoms with Gasteiger partial charge in [-0.25, -0.2) is 4.98 Å². The van der Waals surface area contributed by atoms with Crippen LogP contribution in [0.5, 0.6) is 17.2 Å². The number of hydrogen-bond donors (Lipinski definition) is 3. The number of H-pyrrole nitrogens is 1. The van der Waals surface area contributed by atoms with E-state index in [-0.39, 0.29) is 18.3 Å². The number of phenolic OH excluding ortho intramolecular Hbond substituents is 1. The molecule has 2 aromatic carbocycles. The Morgan fingerprint density at radius 1 is 1.03 bits per heavy atom. The topological polar surface area (TPSA) is 109 Å². The molecule has 0 saturated heterocycles. The van der Waals surface area contributed by atoms with Crippen LogP contribution in [0.15, 0.2) is 67.0 Å². The summed E-state index contributed by atoms with van der Waals surface area (Å²) in [4.78, 5) is 16.7. The number of carbonyl (C=O) groups is 1. The van der Waals surface area contributed by atoms with Gasteiger partial charge in [0.25, 0.3) is 5.91 Å². The second kappa shape index (κ2) is 9.62. The molecule has 8 heteroatoms. The standard InChI is InChI=1S/C23H22N4O4/c28-19-10-17(23(29)24-7-4-8-30-20-5-2-1-3-6-20)11-21(12-19)31-15-16-9-18-14-26-27-22(18)25-13-16/h1-3,5-6,9-14,28H,4,7-8,15H2,(H,24,29)(H,25,26,27). The van der Waals surface area contributed by atoms with Crippen molar-refractivity contribution in [3.8, 4) is 17.2 Å². The second-order valence-corrected chi connectivity index (χ2v) is 6.93. The van der Waals surface area contributed by atoms with Gasteiger partial charge in [0.05, 0.1) is 12.8 Å². The number of aromatic amines is 1. The third-order valence-electron chi connectivity index (χ3n) is 4.53. The third-order valence-corrected chi connectivity index (χ3v) is 4.53. The smallest absolute Gasteiger partial charge is 0.251 e. The summed E-state index contributed by atoms with van der Waals surface area (Å²) in [6.45, 7) is 1.19. The molecular weight excluding hydrogens is 396 g/mol. The molecule has 0 aliphatic rings. The number of fused-ring (bicyclic) bond motifs is 1. The van der Waals surface area contributed by atoms with E-state index >= 15 is 0 Å². The maximum atomic E-state index is 12.4. The highest BCUT2D eigenvalue weighted by Crippen LogP contribution is 2.23. The van der Waals surface area contributed by atoms with Gasteiger partial charge in [0, 0.05) is 35.3 Å². The lowest BCUT2D eigenvalue weighted by Crippen LogP contribution is -2.25. The molecule has 0 aliphatic carbocycles. The van der Waals surface area contributed by atoms with Gasteiger partial charge in [-0.2, -0.15) is 5.10 Å². The van der Waals surface area contributed by atoms with Crippen molar-refractivity contribution in [2.24, 2.45) is 0 Å². The molecule has 4 aromatic rings. The van der Waals surface area contributed by atoms with Gasteiger partial charge < -0.3 is 19.9 Å². The Balaban J connectivity index is 1.28. The monoisotopic (exact) mass is 418 g/mol. The maximum absolute atomic E-state index is 12.4.